The van der Waals surface area contributed by atoms with E-state index in [4.69, 9.17) is 4.74 Å². The molecule has 1 aromatic carbocycles. The van der Waals surface area contributed by atoms with Gasteiger partial charge in [0.1, 0.15) is 5.75 Å². The van der Waals surface area contributed by atoms with Gasteiger partial charge in [0.2, 0.25) is 0 Å². The van der Waals surface area contributed by atoms with Gasteiger partial charge in [-0.3, -0.25) is 4.79 Å². The van der Waals surface area contributed by atoms with Crippen molar-refractivity contribution in [3.63, 3.8) is 0 Å². The minimum absolute atomic E-state index is 0.490. The molecule has 1 aromatic rings. The Morgan fingerprint density at radius 2 is 2.33 bits per heavy atom. The third-order valence-corrected chi connectivity index (χ3v) is 2.40. The molecule has 1 rings (SSSR count). The summed E-state index contributed by atoms with van der Waals surface area (Å²) in [6.07, 6.45) is 1.45. The lowest BCUT2D eigenvalue weighted by Crippen LogP contribution is -1.99. The van der Waals surface area contributed by atoms with Crippen molar-refractivity contribution in [2.75, 3.05) is 6.61 Å². The molecule has 0 aliphatic carbocycles. The van der Waals surface area contributed by atoms with Crippen molar-refractivity contribution in [2.24, 2.45) is 0 Å². The van der Waals surface area contributed by atoms with E-state index in [0.29, 0.717) is 24.3 Å². The van der Waals surface area contributed by atoms with E-state index in [1.807, 2.05) is 6.07 Å². The van der Waals surface area contributed by atoms with Gasteiger partial charge in [0, 0.05) is 6.42 Å². The van der Waals surface area contributed by atoms with E-state index >= 15 is 0 Å². The fourth-order valence-corrected chi connectivity index (χ4v) is 1.60. The van der Waals surface area contributed by atoms with Gasteiger partial charge in [0.05, 0.1) is 16.6 Å². The number of carbonyl (C=O) groups excluding carboxylic acids is 1. The summed E-state index contributed by atoms with van der Waals surface area (Å²) in [7, 11) is 0. The standard InChI is InChI=1S/C12H11BrO2/c1-2-3-4-8-15-12-10(9-14)6-5-7-11(12)13/h5-7,9H,4,8H2,1H3. The Kier molecular flexibility index (Phi) is 4.92. The fourth-order valence-electron chi connectivity index (χ4n) is 1.10. The molecule has 0 aliphatic rings. The van der Waals surface area contributed by atoms with Crippen LogP contribution >= 0.6 is 15.9 Å². The van der Waals surface area contributed by atoms with Gasteiger partial charge >= 0.3 is 0 Å². The molecule has 0 aromatic heterocycles. The molecule has 0 atom stereocenters. The second-order valence-corrected chi connectivity index (χ2v) is 3.66. The van der Waals surface area contributed by atoms with Crippen LogP contribution in [0.3, 0.4) is 0 Å². The summed E-state index contributed by atoms with van der Waals surface area (Å²) in [6.45, 7) is 2.28. The largest absolute Gasteiger partial charge is 0.491 e. The Morgan fingerprint density at radius 3 is 3.00 bits per heavy atom. The zero-order chi connectivity index (χ0) is 11.1. The number of carbonyl (C=O) groups is 1. The van der Waals surface area contributed by atoms with Gasteiger partial charge in [0.15, 0.2) is 6.29 Å². The summed E-state index contributed by atoms with van der Waals surface area (Å²) in [5.41, 5.74) is 0.550. The molecule has 0 saturated carbocycles. The van der Waals surface area contributed by atoms with E-state index < -0.39 is 0 Å². The van der Waals surface area contributed by atoms with Crippen LogP contribution in [0.4, 0.5) is 0 Å². The second kappa shape index (κ2) is 6.26. The van der Waals surface area contributed by atoms with Crippen LogP contribution in [0.2, 0.25) is 0 Å². The molecule has 0 aliphatic heterocycles. The second-order valence-electron chi connectivity index (χ2n) is 2.80. The SMILES string of the molecule is CC#CCCOc1c(Br)cccc1C=O. The van der Waals surface area contributed by atoms with E-state index in [0.717, 1.165) is 10.8 Å². The predicted octanol–water partition coefficient (Wildman–Crippen LogP) is 3.05. The topological polar surface area (TPSA) is 26.3 Å². The maximum Gasteiger partial charge on any atom is 0.153 e. The molecule has 0 saturated heterocycles. The number of halogens is 1. The first kappa shape index (κ1) is 11.8. The number of rotatable bonds is 4. The summed E-state index contributed by atoms with van der Waals surface area (Å²) in [4.78, 5) is 10.7. The summed E-state index contributed by atoms with van der Waals surface area (Å²) in [5.74, 6) is 6.27. The molecule has 0 amide bonds. The van der Waals surface area contributed by atoms with Crippen LogP contribution < -0.4 is 4.74 Å². The number of hydrogen-bond acceptors (Lipinski definition) is 2. The highest BCUT2D eigenvalue weighted by Crippen LogP contribution is 2.27. The lowest BCUT2D eigenvalue weighted by Gasteiger charge is -2.08. The normalized spacial score (nSPS) is 8.93. The zero-order valence-corrected chi connectivity index (χ0v) is 10.0. The monoisotopic (exact) mass is 266 g/mol. The van der Waals surface area contributed by atoms with Crippen LogP contribution in [0.1, 0.15) is 23.7 Å². The Labute approximate surface area is 97.8 Å². The van der Waals surface area contributed by atoms with Crippen molar-refractivity contribution >= 4 is 22.2 Å². The highest BCUT2D eigenvalue weighted by molar-refractivity contribution is 9.10. The number of aldehydes is 1. The first-order valence-corrected chi connectivity index (χ1v) is 5.35. The van der Waals surface area contributed by atoms with Crippen LogP contribution in [-0.4, -0.2) is 12.9 Å². The van der Waals surface area contributed by atoms with Crippen LogP contribution in [-0.2, 0) is 0 Å². The predicted molar refractivity (Wildman–Crippen MR) is 63.1 cm³/mol. The molecule has 0 fully saturated rings. The summed E-state index contributed by atoms with van der Waals surface area (Å²) < 4.78 is 6.27. The molecule has 0 N–H and O–H groups in total. The van der Waals surface area contributed by atoms with Crippen LogP contribution in [0.25, 0.3) is 0 Å². The first-order valence-electron chi connectivity index (χ1n) is 4.55. The van der Waals surface area contributed by atoms with Crippen molar-refractivity contribution in [1.29, 1.82) is 0 Å². The molecule has 0 heterocycles. The summed E-state index contributed by atoms with van der Waals surface area (Å²) in [6, 6.07) is 5.36. The molecular weight excluding hydrogens is 256 g/mol. The minimum atomic E-state index is 0.490. The lowest BCUT2D eigenvalue weighted by atomic mass is 10.2. The van der Waals surface area contributed by atoms with Gasteiger partial charge in [-0.15, -0.1) is 11.8 Å². The molecule has 0 bridgehead atoms. The van der Waals surface area contributed by atoms with Crippen LogP contribution in [0.5, 0.6) is 5.75 Å². The molecule has 78 valence electrons. The lowest BCUT2D eigenvalue weighted by molar-refractivity contribution is 0.111. The maximum atomic E-state index is 10.7. The number of ether oxygens (including phenoxy) is 1. The van der Waals surface area contributed by atoms with Crippen LogP contribution in [0.15, 0.2) is 22.7 Å². The zero-order valence-electron chi connectivity index (χ0n) is 8.42. The quantitative estimate of drug-likeness (QED) is 0.476. The van der Waals surface area contributed by atoms with Gasteiger partial charge < -0.3 is 4.74 Å². The van der Waals surface area contributed by atoms with Crippen molar-refractivity contribution in [1.82, 2.24) is 0 Å². The average Bonchev–Trinajstić information content (AvgIpc) is 2.26. The van der Waals surface area contributed by atoms with Crippen molar-refractivity contribution in [3.05, 3.63) is 28.2 Å². The molecule has 0 radical (unpaired) electrons. The Bertz CT molecular complexity index is 402. The Balaban J connectivity index is 2.73. The molecule has 0 spiro atoms. The van der Waals surface area contributed by atoms with Crippen LogP contribution in [0, 0.1) is 11.8 Å². The molecule has 15 heavy (non-hydrogen) atoms. The van der Waals surface area contributed by atoms with Gasteiger partial charge in [-0.25, -0.2) is 0 Å². The van der Waals surface area contributed by atoms with E-state index in [1.165, 1.54) is 0 Å². The van der Waals surface area contributed by atoms with E-state index in [1.54, 1.807) is 19.1 Å². The van der Waals surface area contributed by atoms with Crippen molar-refractivity contribution < 1.29 is 9.53 Å². The smallest absolute Gasteiger partial charge is 0.153 e. The highest BCUT2D eigenvalue weighted by Gasteiger charge is 2.06. The number of para-hydroxylation sites is 1. The minimum Gasteiger partial charge on any atom is -0.491 e. The maximum absolute atomic E-state index is 10.7. The molecule has 0 unspecified atom stereocenters. The van der Waals surface area contributed by atoms with Gasteiger partial charge in [-0.1, -0.05) is 6.07 Å². The summed E-state index contributed by atoms with van der Waals surface area (Å²) in [5, 5.41) is 0. The average molecular weight is 267 g/mol. The van der Waals surface area contributed by atoms with Gasteiger partial charge in [0.25, 0.3) is 0 Å². The van der Waals surface area contributed by atoms with Crippen molar-refractivity contribution in [3.8, 4) is 17.6 Å². The molecule has 2 nitrogen and oxygen atoms in total. The Morgan fingerprint density at radius 1 is 1.53 bits per heavy atom. The van der Waals surface area contributed by atoms with Gasteiger partial charge in [-0.2, -0.15) is 0 Å². The molecule has 3 heteroatoms. The van der Waals surface area contributed by atoms with E-state index in [9.17, 15) is 4.79 Å². The third kappa shape index (κ3) is 3.41. The number of hydrogen-bond donors (Lipinski definition) is 0. The number of benzene rings is 1. The highest BCUT2D eigenvalue weighted by atomic mass is 79.9. The third-order valence-electron chi connectivity index (χ3n) is 1.77. The Hall–Kier alpha value is -1.27. The fraction of sp³-hybridized carbons (Fsp3) is 0.250. The van der Waals surface area contributed by atoms with E-state index in [-0.39, 0.29) is 0 Å². The molecular formula is C12H11BrO2. The van der Waals surface area contributed by atoms with E-state index in [2.05, 4.69) is 27.8 Å². The van der Waals surface area contributed by atoms with Crippen molar-refractivity contribution in [2.45, 2.75) is 13.3 Å². The van der Waals surface area contributed by atoms with Gasteiger partial charge in [-0.05, 0) is 35.0 Å². The first-order chi connectivity index (χ1) is 7.29. The summed E-state index contributed by atoms with van der Waals surface area (Å²) >= 11 is 3.34.